The van der Waals surface area contributed by atoms with E-state index in [0.29, 0.717) is 34.3 Å². The number of nitrogens with two attached hydrogens (primary N) is 1. The fraction of sp³-hybridized carbons (Fsp3) is 0.261. The van der Waals surface area contributed by atoms with Crippen molar-refractivity contribution >= 4 is 16.9 Å². The average molecular weight is 449 g/mol. The smallest absolute Gasteiger partial charge is 0.419 e. The Hall–Kier alpha value is -3.89. The Labute approximate surface area is 187 Å². The van der Waals surface area contributed by atoms with Crippen LogP contribution in [0.4, 0.5) is 0 Å². The number of likely N-dealkylation sites (tertiary alicyclic amines) is 1. The van der Waals surface area contributed by atoms with Crippen molar-refractivity contribution in [3.05, 3.63) is 80.6 Å². The molecular formula is C23H23N5O5. The van der Waals surface area contributed by atoms with Crippen molar-refractivity contribution in [1.82, 2.24) is 19.4 Å². The van der Waals surface area contributed by atoms with Gasteiger partial charge in [0.25, 0.3) is 0 Å². The molecule has 4 heterocycles. The van der Waals surface area contributed by atoms with Gasteiger partial charge in [-0.05, 0) is 24.1 Å². The van der Waals surface area contributed by atoms with E-state index in [-0.39, 0.29) is 17.3 Å². The summed E-state index contributed by atoms with van der Waals surface area (Å²) in [5.41, 5.74) is 7.69. The van der Waals surface area contributed by atoms with Gasteiger partial charge in [0.15, 0.2) is 0 Å². The van der Waals surface area contributed by atoms with Crippen LogP contribution in [0, 0.1) is 0 Å². The van der Waals surface area contributed by atoms with Gasteiger partial charge in [-0.1, -0.05) is 18.2 Å². The molecule has 0 amide bonds. The number of nitrogens with one attached hydrogen (secondary N) is 2. The number of fused-ring (bicyclic) bond motifs is 1. The van der Waals surface area contributed by atoms with E-state index in [1.807, 2.05) is 13.0 Å². The van der Waals surface area contributed by atoms with Gasteiger partial charge in [0.05, 0.1) is 24.3 Å². The molecule has 1 fully saturated rings. The molecule has 5 N–H and O–H groups in total. The average Bonchev–Trinajstić information content (AvgIpc) is 3.32. The molecule has 1 aliphatic rings. The predicted molar refractivity (Wildman–Crippen MR) is 121 cm³/mol. The first-order valence-electron chi connectivity index (χ1n) is 10.6. The second-order valence-electron chi connectivity index (χ2n) is 8.39. The number of rotatable bonds is 6. The quantitative estimate of drug-likeness (QED) is 0.350. The summed E-state index contributed by atoms with van der Waals surface area (Å²) < 4.78 is 6.94. The molecule has 1 aliphatic heterocycles. The van der Waals surface area contributed by atoms with Gasteiger partial charge >= 0.3 is 11.7 Å². The van der Waals surface area contributed by atoms with Crippen molar-refractivity contribution in [2.24, 2.45) is 5.73 Å². The van der Waals surface area contributed by atoms with Crippen molar-refractivity contribution in [2.45, 2.75) is 25.6 Å². The van der Waals surface area contributed by atoms with Gasteiger partial charge < -0.3 is 25.2 Å². The summed E-state index contributed by atoms with van der Waals surface area (Å²) in [5, 5.41) is 10.5. The summed E-state index contributed by atoms with van der Waals surface area (Å²) in [4.78, 5) is 44.1. The highest BCUT2D eigenvalue weighted by atomic mass is 16.4. The number of hydrogen-bond acceptors (Lipinski definition) is 6. The summed E-state index contributed by atoms with van der Waals surface area (Å²) in [6.45, 7) is 3.87. The summed E-state index contributed by atoms with van der Waals surface area (Å²) in [5.74, 6) is -1.08. The molecule has 1 aromatic carbocycles. The fourth-order valence-corrected chi connectivity index (χ4v) is 4.50. The molecule has 0 radical (unpaired) electrons. The van der Waals surface area contributed by atoms with Crippen LogP contribution in [0.3, 0.4) is 0 Å². The lowest BCUT2D eigenvalue weighted by atomic mass is 9.99. The molecule has 1 atom stereocenters. The van der Waals surface area contributed by atoms with Crippen LogP contribution in [0.15, 0.2) is 56.7 Å². The van der Waals surface area contributed by atoms with Crippen LogP contribution in [-0.2, 0) is 6.54 Å². The lowest BCUT2D eigenvalue weighted by molar-refractivity contribution is 0.0692. The van der Waals surface area contributed by atoms with Gasteiger partial charge in [-0.2, -0.15) is 0 Å². The van der Waals surface area contributed by atoms with E-state index >= 15 is 0 Å². The third kappa shape index (κ3) is 3.69. The van der Waals surface area contributed by atoms with E-state index in [9.17, 15) is 19.5 Å². The van der Waals surface area contributed by atoms with Gasteiger partial charge in [-0.3, -0.25) is 14.3 Å². The van der Waals surface area contributed by atoms with Gasteiger partial charge in [0, 0.05) is 42.3 Å². The summed E-state index contributed by atoms with van der Waals surface area (Å²) in [6, 6.07) is 8.18. The van der Waals surface area contributed by atoms with Crippen molar-refractivity contribution in [1.29, 1.82) is 0 Å². The van der Waals surface area contributed by atoms with Gasteiger partial charge in [-0.25, -0.2) is 9.59 Å². The fourth-order valence-electron chi connectivity index (χ4n) is 4.50. The standard InChI is InChI=1S/C23H23N5O5/c1-12(28-11-15(33-23(28)32)10-27-8-14(24)9-27)16-3-2-4-17-19(13-5-6-25-18(29)7-13)21(22(30)31)26-20(16)17/h2-7,11-12,14,26H,8-10,24H2,1H3,(H,25,29)(H,30,31)/t12-/m0/s1. The van der Waals surface area contributed by atoms with E-state index in [2.05, 4.69) is 14.9 Å². The maximum Gasteiger partial charge on any atom is 0.419 e. The number of aromatic nitrogens is 3. The van der Waals surface area contributed by atoms with Crippen LogP contribution in [0.2, 0.25) is 0 Å². The number of oxazole rings is 1. The van der Waals surface area contributed by atoms with Crippen LogP contribution < -0.4 is 17.0 Å². The molecule has 0 saturated carbocycles. The number of para-hydroxylation sites is 1. The molecule has 33 heavy (non-hydrogen) atoms. The Bertz CT molecular complexity index is 1470. The zero-order valence-corrected chi connectivity index (χ0v) is 17.9. The minimum absolute atomic E-state index is 0.0235. The Kier molecular flexibility index (Phi) is 5.03. The van der Waals surface area contributed by atoms with Gasteiger partial charge in [0.2, 0.25) is 5.56 Å². The lowest BCUT2D eigenvalue weighted by Crippen LogP contribution is -2.54. The molecule has 0 unspecified atom stereocenters. The number of aromatic amines is 2. The second kappa shape index (κ2) is 7.91. The molecule has 1 saturated heterocycles. The summed E-state index contributed by atoms with van der Waals surface area (Å²) >= 11 is 0. The Balaban J connectivity index is 1.59. The molecule has 10 heteroatoms. The predicted octanol–water partition coefficient (Wildman–Crippen LogP) is 1.73. The third-order valence-electron chi connectivity index (χ3n) is 6.09. The maximum absolute atomic E-state index is 12.6. The Morgan fingerprint density at radius 2 is 2.09 bits per heavy atom. The summed E-state index contributed by atoms with van der Waals surface area (Å²) in [6.07, 6.45) is 3.17. The number of hydrogen-bond donors (Lipinski definition) is 4. The molecule has 170 valence electrons. The monoisotopic (exact) mass is 449 g/mol. The number of pyridine rings is 1. The Morgan fingerprint density at radius 3 is 2.79 bits per heavy atom. The van der Waals surface area contributed by atoms with Crippen LogP contribution in [0.1, 0.15) is 34.8 Å². The molecule has 10 nitrogen and oxygen atoms in total. The van der Waals surface area contributed by atoms with Crippen LogP contribution >= 0.6 is 0 Å². The van der Waals surface area contributed by atoms with Crippen molar-refractivity contribution in [3.8, 4) is 11.1 Å². The molecule has 4 aromatic rings. The highest BCUT2D eigenvalue weighted by Gasteiger charge is 2.26. The molecule has 0 bridgehead atoms. The third-order valence-corrected chi connectivity index (χ3v) is 6.09. The summed E-state index contributed by atoms with van der Waals surface area (Å²) in [7, 11) is 0. The number of H-pyrrole nitrogens is 2. The number of carboxylic acids is 1. The highest BCUT2D eigenvalue weighted by Crippen LogP contribution is 2.35. The van der Waals surface area contributed by atoms with E-state index < -0.39 is 17.8 Å². The molecular weight excluding hydrogens is 426 g/mol. The van der Waals surface area contributed by atoms with Crippen LogP contribution in [-0.4, -0.2) is 49.6 Å². The zero-order chi connectivity index (χ0) is 23.3. The highest BCUT2D eigenvalue weighted by molar-refractivity contribution is 6.08. The van der Waals surface area contributed by atoms with Gasteiger partial charge in [0.1, 0.15) is 11.5 Å². The zero-order valence-electron chi connectivity index (χ0n) is 17.9. The van der Waals surface area contributed by atoms with E-state index in [0.717, 1.165) is 18.7 Å². The van der Waals surface area contributed by atoms with Crippen LogP contribution in [0.25, 0.3) is 22.0 Å². The Morgan fingerprint density at radius 1 is 1.30 bits per heavy atom. The first-order chi connectivity index (χ1) is 15.8. The van der Waals surface area contributed by atoms with Gasteiger partial charge in [-0.15, -0.1) is 0 Å². The van der Waals surface area contributed by atoms with Crippen molar-refractivity contribution in [2.75, 3.05) is 13.1 Å². The normalized spacial score (nSPS) is 15.6. The van der Waals surface area contributed by atoms with E-state index in [1.54, 1.807) is 24.4 Å². The maximum atomic E-state index is 12.6. The lowest BCUT2D eigenvalue weighted by Gasteiger charge is -2.35. The van der Waals surface area contributed by atoms with Crippen LogP contribution in [0.5, 0.6) is 0 Å². The number of nitrogens with zero attached hydrogens (tertiary/aromatic N) is 2. The molecule has 3 aromatic heterocycles. The number of carboxylic acid groups (broad SMARTS) is 1. The topological polar surface area (TPSA) is 150 Å². The second-order valence-corrected chi connectivity index (χ2v) is 8.39. The minimum atomic E-state index is -1.14. The van der Waals surface area contributed by atoms with Crippen molar-refractivity contribution in [3.63, 3.8) is 0 Å². The van der Waals surface area contributed by atoms with E-state index in [4.69, 9.17) is 10.2 Å². The largest absolute Gasteiger partial charge is 0.477 e. The molecule has 0 aliphatic carbocycles. The SMILES string of the molecule is C[C@@H](c1cccc2c(-c3cc[nH]c(=O)c3)c(C(=O)O)[nH]c12)n1cc(CN2CC(N)C2)oc1=O. The van der Waals surface area contributed by atoms with E-state index in [1.165, 1.54) is 16.8 Å². The minimum Gasteiger partial charge on any atom is -0.477 e. The first-order valence-corrected chi connectivity index (χ1v) is 10.6. The number of aromatic carboxylic acids is 1. The van der Waals surface area contributed by atoms with Crippen molar-refractivity contribution < 1.29 is 14.3 Å². The number of benzene rings is 1. The first kappa shape index (κ1) is 21.0. The number of carbonyl (C=O) groups is 1. The molecule has 0 spiro atoms. The molecule has 5 rings (SSSR count).